The van der Waals surface area contributed by atoms with Crippen LogP contribution < -0.4 is 0 Å². The molecule has 2 heterocycles. The summed E-state index contributed by atoms with van der Waals surface area (Å²) in [5.74, 6) is 0.604. The number of nitrogens with zero attached hydrogens (tertiary/aromatic N) is 2. The number of hydrogen-bond acceptors (Lipinski definition) is 2. The number of H-pyrrole nitrogens is 1. The zero-order chi connectivity index (χ0) is 17.2. The topological polar surface area (TPSA) is 49.0 Å². The molecular formula is C20H22FN3O. The summed E-state index contributed by atoms with van der Waals surface area (Å²) in [5.41, 5.74) is 3.50. The molecule has 1 unspecified atom stereocenters. The zero-order valence-corrected chi connectivity index (χ0v) is 14.2. The lowest BCUT2D eigenvalue weighted by Gasteiger charge is -2.27. The molecule has 0 bridgehead atoms. The molecule has 0 saturated carbocycles. The smallest absolute Gasteiger partial charge is 0.222 e. The second kappa shape index (κ2) is 6.82. The third-order valence-electron chi connectivity index (χ3n) is 5.32. The van der Waals surface area contributed by atoms with Crippen LogP contribution in [-0.4, -0.2) is 34.1 Å². The number of nitrogens with one attached hydrogen (secondary N) is 1. The summed E-state index contributed by atoms with van der Waals surface area (Å²) in [6.07, 6.45) is 10.1. The molecule has 1 aromatic heterocycles. The average molecular weight is 339 g/mol. The molecule has 25 heavy (non-hydrogen) atoms. The van der Waals surface area contributed by atoms with Crippen LogP contribution in [0, 0.1) is 11.7 Å². The SMILES string of the molecule is O=C1CCCN1CC1CC=C(c2ccc(-c3cn[nH]c3)cc2F)CC1. The Morgan fingerprint density at radius 3 is 2.84 bits per heavy atom. The molecule has 1 aromatic carbocycles. The van der Waals surface area contributed by atoms with Gasteiger partial charge < -0.3 is 4.90 Å². The van der Waals surface area contributed by atoms with Crippen LogP contribution in [0.4, 0.5) is 4.39 Å². The molecular weight excluding hydrogens is 317 g/mol. The second-order valence-electron chi connectivity index (χ2n) is 6.99. The quantitative estimate of drug-likeness (QED) is 0.914. The molecule has 1 N–H and O–H groups in total. The van der Waals surface area contributed by atoms with Crippen molar-refractivity contribution in [1.29, 1.82) is 0 Å². The fourth-order valence-electron chi connectivity index (χ4n) is 3.87. The molecule has 0 radical (unpaired) electrons. The number of aromatic amines is 1. The zero-order valence-electron chi connectivity index (χ0n) is 14.2. The maximum absolute atomic E-state index is 14.6. The molecule has 2 aromatic rings. The van der Waals surface area contributed by atoms with Crippen molar-refractivity contribution < 1.29 is 9.18 Å². The van der Waals surface area contributed by atoms with E-state index < -0.39 is 0 Å². The number of carbonyl (C=O) groups excluding carboxylic acids is 1. The van der Waals surface area contributed by atoms with E-state index in [0.29, 0.717) is 17.9 Å². The van der Waals surface area contributed by atoms with E-state index in [-0.39, 0.29) is 11.7 Å². The Balaban J connectivity index is 1.45. The Kier molecular flexibility index (Phi) is 4.38. The highest BCUT2D eigenvalue weighted by Gasteiger charge is 2.25. The average Bonchev–Trinajstić information content (AvgIpc) is 3.28. The Labute approximate surface area is 146 Å². The lowest BCUT2D eigenvalue weighted by atomic mass is 9.86. The minimum Gasteiger partial charge on any atom is -0.342 e. The number of aromatic nitrogens is 2. The molecule has 2 aliphatic rings. The van der Waals surface area contributed by atoms with Gasteiger partial charge in [-0.3, -0.25) is 9.89 Å². The van der Waals surface area contributed by atoms with E-state index in [1.807, 2.05) is 17.0 Å². The summed E-state index contributed by atoms with van der Waals surface area (Å²) < 4.78 is 14.6. The summed E-state index contributed by atoms with van der Waals surface area (Å²) >= 11 is 0. The summed E-state index contributed by atoms with van der Waals surface area (Å²) in [6, 6.07) is 5.39. The minimum atomic E-state index is -0.182. The van der Waals surface area contributed by atoms with Gasteiger partial charge in [-0.1, -0.05) is 18.2 Å². The van der Waals surface area contributed by atoms with Crippen molar-refractivity contribution in [3.05, 3.63) is 48.0 Å². The first kappa shape index (κ1) is 16.1. The first-order valence-electron chi connectivity index (χ1n) is 8.96. The maximum atomic E-state index is 14.6. The summed E-state index contributed by atoms with van der Waals surface area (Å²) in [4.78, 5) is 13.8. The molecule has 1 aliphatic heterocycles. The summed E-state index contributed by atoms with van der Waals surface area (Å²) in [5, 5.41) is 6.66. The first-order valence-corrected chi connectivity index (χ1v) is 8.96. The van der Waals surface area contributed by atoms with Gasteiger partial charge in [-0.05, 0) is 48.8 Å². The maximum Gasteiger partial charge on any atom is 0.222 e. The second-order valence-corrected chi connectivity index (χ2v) is 6.99. The Morgan fingerprint density at radius 2 is 2.20 bits per heavy atom. The van der Waals surface area contributed by atoms with Gasteiger partial charge in [0.1, 0.15) is 5.82 Å². The molecule has 4 rings (SSSR count). The van der Waals surface area contributed by atoms with E-state index >= 15 is 0 Å². The molecule has 1 fully saturated rings. The molecule has 1 atom stereocenters. The van der Waals surface area contributed by atoms with Gasteiger partial charge in [-0.15, -0.1) is 0 Å². The van der Waals surface area contributed by atoms with Gasteiger partial charge in [-0.2, -0.15) is 5.10 Å². The summed E-state index contributed by atoms with van der Waals surface area (Å²) in [6.45, 7) is 1.75. The monoisotopic (exact) mass is 339 g/mol. The number of likely N-dealkylation sites (tertiary alicyclic amines) is 1. The number of allylic oxidation sites excluding steroid dienone is 2. The number of benzene rings is 1. The van der Waals surface area contributed by atoms with E-state index in [1.165, 1.54) is 0 Å². The van der Waals surface area contributed by atoms with E-state index in [0.717, 1.165) is 55.5 Å². The van der Waals surface area contributed by atoms with Gasteiger partial charge in [0.25, 0.3) is 0 Å². The van der Waals surface area contributed by atoms with Gasteiger partial charge in [0.15, 0.2) is 0 Å². The van der Waals surface area contributed by atoms with Crippen LogP contribution in [0.15, 0.2) is 36.7 Å². The highest BCUT2D eigenvalue weighted by molar-refractivity contribution is 5.78. The Hall–Kier alpha value is -2.43. The normalized spacial score (nSPS) is 20.8. The number of amides is 1. The predicted molar refractivity (Wildman–Crippen MR) is 95.1 cm³/mol. The van der Waals surface area contributed by atoms with Crippen LogP contribution >= 0.6 is 0 Å². The third-order valence-corrected chi connectivity index (χ3v) is 5.32. The van der Waals surface area contributed by atoms with Crippen LogP contribution in [0.1, 0.15) is 37.7 Å². The van der Waals surface area contributed by atoms with Crippen LogP contribution in [0.5, 0.6) is 0 Å². The number of carbonyl (C=O) groups is 1. The third kappa shape index (κ3) is 3.36. The molecule has 4 nitrogen and oxygen atoms in total. The van der Waals surface area contributed by atoms with Crippen molar-refractivity contribution in [2.75, 3.05) is 13.1 Å². The predicted octanol–water partition coefficient (Wildman–Crippen LogP) is 4.02. The fraction of sp³-hybridized carbons (Fsp3) is 0.400. The van der Waals surface area contributed by atoms with Crippen LogP contribution in [0.25, 0.3) is 16.7 Å². The largest absolute Gasteiger partial charge is 0.342 e. The summed E-state index contributed by atoms with van der Waals surface area (Å²) in [7, 11) is 0. The standard InChI is InChI=1S/C20H22FN3O/c21-19-10-16(17-11-22-23-12-17)7-8-18(19)15-5-3-14(4-6-15)13-24-9-1-2-20(24)25/h5,7-8,10-12,14H,1-4,6,9,13H2,(H,22,23). The van der Waals surface area contributed by atoms with Gasteiger partial charge in [0.2, 0.25) is 5.91 Å². The lowest BCUT2D eigenvalue weighted by molar-refractivity contribution is -0.128. The van der Waals surface area contributed by atoms with E-state index in [1.54, 1.807) is 18.5 Å². The molecule has 130 valence electrons. The van der Waals surface area contributed by atoms with Crippen LogP contribution in [0.2, 0.25) is 0 Å². The van der Waals surface area contributed by atoms with Crippen molar-refractivity contribution in [3.8, 4) is 11.1 Å². The van der Waals surface area contributed by atoms with Gasteiger partial charge in [0.05, 0.1) is 6.20 Å². The number of rotatable bonds is 4. The molecule has 1 amide bonds. The van der Waals surface area contributed by atoms with Gasteiger partial charge in [0, 0.05) is 36.8 Å². The minimum absolute atomic E-state index is 0.182. The number of hydrogen-bond donors (Lipinski definition) is 1. The fourth-order valence-corrected chi connectivity index (χ4v) is 3.87. The molecule has 0 spiro atoms. The first-order chi connectivity index (χ1) is 12.2. The van der Waals surface area contributed by atoms with E-state index in [9.17, 15) is 9.18 Å². The van der Waals surface area contributed by atoms with Crippen molar-refractivity contribution in [3.63, 3.8) is 0 Å². The Bertz CT molecular complexity index is 797. The van der Waals surface area contributed by atoms with Gasteiger partial charge >= 0.3 is 0 Å². The van der Waals surface area contributed by atoms with E-state index in [4.69, 9.17) is 0 Å². The van der Waals surface area contributed by atoms with Crippen LogP contribution in [0.3, 0.4) is 0 Å². The molecule has 5 heteroatoms. The molecule has 1 aliphatic carbocycles. The highest BCUT2D eigenvalue weighted by atomic mass is 19.1. The molecule has 1 saturated heterocycles. The van der Waals surface area contributed by atoms with Crippen molar-refractivity contribution in [2.24, 2.45) is 5.92 Å². The lowest BCUT2D eigenvalue weighted by Crippen LogP contribution is -2.31. The highest BCUT2D eigenvalue weighted by Crippen LogP contribution is 2.33. The van der Waals surface area contributed by atoms with E-state index in [2.05, 4.69) is 16.3 Å². The van der Waals surface area contributed by atoms with Crippen molar-refractivity contribution in [1.82, 2.24) is 15.1 Å². The van der Waals surface area contributed by atoms with Crippen LogP contribution in [-0.2, 0) is 4.79 Å². The van der Waals surface area contributed by atoms with Crippen molar-refractivity contribution >= 4 is 11.5 Å². The Morgan fingerprint density at radius 1 is 1.28 bits per heavy atom. The van der Waals surface area contributed by atoms with Gasteiger partial charge in [-0.25, -0.2) is 4.39 Å². The number of halogens is 1. The van der Waals surface area contributed by atoms with Crippen molar-refractivity contribution in [2.45, 2.75) is 32.1 Å².